The van der Waals surface area contributed by atoms with Crippen LogP contribution in [0.1, 0.15) is 414 Å². The average molecular weight is 1440 g/mol. The van der Waals surface area contributed by atoms with Crippen molar-refractivity contribution in [2.45, 2.75) is 432 Å². The van der Waals surface area contributed by atoms with Crippen LogP contribution in [0.15, 0.2) is 0 Å². The second-order valence-electron chi connectivity index (χ2n) is 29.2. The van der Waals surface area contributed by atoms with E-state index in [1.807, 2.05) is 0 Å². The Morgan fingerprint density at radius 1 is 0.296 bits per heavy atom. The van der Waals surface area contributed by atoms with Gasteiger partial charge in [0.2, 0.25) is 0 Å². The number of carbonyl (C=O) groups is 4. The first-order valence-electron chi connectivity index (χ1n) is 41.0. The Bertz CT molecular complexity index is 1890. The fourth-order valence-corrected chi connectivity index (χ4v) is 13.7. The van der Waals surface area contributed by atoms with Crippen molar-refractivity contribution in [3.05, 3.63) is 0 Å². The molecule has 0 heterocycles. The van der Waals surface area contributed by atoms with E-state index in [9.17, 15) is 43.2 Å². The zero-order valence-corrected chi connectivity index (χ0v) is 65.9. The van der Waals surface area contributed by atoms with Crippen LogP contribution in [0.3, 0.4) is 0 Å². The Labute approximate surface area is 600 Å². The number of hydrogen-bond donors (Lipinski definition) is 3. The predicted molar refractivity (Wildman–Crippen MR) is 400 cm³/mol. The van der Waals surface area contributed by atoms with E-state index in [-0.39, 0.29) is 25.7 Å². The minimum absolute atomic E-state index is 0.103. The topological polar surface area (TPSA) is 237 Å². The minimum Gasteiger partial charge on any atom is -0.462 e. The lowest BCUT2D eigenvalue weighted by Gasteiger charge is -2.21. The lowest BCUT2D eigenvalue weighted by molar-refractivity contribution is -0.161. The highest BCUT2D eigenvalue weighted by Crippen LogP contribution is 2.45. The molecule has 0 bridgehead atoms. The quantitative estimate of drug-likeness (QED) is 0.0222. The molecule has 3 N–H and O–H groups in total. The van der Waals surface area contributed by atoms with Crippen molar-refractivity contribution in [3.63, 3.8) is 0 Å². The Balaban J connectivity index is 5.20. The highest BCUT2D eigenvalue weighted by molar-refractivity contribution is 7.47. The molecule has 19 heteroatoms. The first kappa shape index (κ1) is 96.1. The molecule has 0 aliphatic carbocycles. The molecular formula is C79H154O17P2. The van der Waals surface area contributed by atoms with Gasteiger partial charge in [0.1, 0.15) is 19.3 Å². The molecule has 3 unspecified atom stereocenters. The molecule has 0 radical (unpaired) electrons. The maximum Gasteiger partial charge on any atom is 0.472 e. The van der Waals surface area contributed by atoms with Gasteiger partial charge in [-0.25, -0.2) is 9.13 Å². The van der Waals surface area contributed by atoms with Gasteiger partial charge < -0.3 is 33.8 Å². The molecule has 582 valence electrons. The first-order valence-corrected chi connectivity index (χ1v) is 44.0. The van der Waals surface area contributed by atoms with E-state index in [4.69, 9.17) is 37.0 Å². The van der Waals surface area contributed by atoms with E-state index < -0.39 is 97.5 Å². The number of rotatable bonds is 78. The highest BCUT2D eigenvalue weighted by Gasteiger charge is 2.30. The van der Waals surface area contributed by atoms with E-state index in [0.717, 1.165) is 102 Å². The monoisotopic (exact) mass is 1440 g/mol. The van der Waals surface area contributed by atoms with Gasteiger partial charge >= 0.3 is 39.5 Å². The molecule has 98 heavy (non-hydrogen) atoms. The lowest BCUT2D eigenvalue weighted by Crippen LogP contribution is -2.30. The third-order valence-corrected chi connectivity index (χ3v) is 20.7. The molecule has 0 aromatic heterocycles. The zero-order chi connectivity index (χ0) is 72.1. The summed E-state index contributed by atoms with van der Waals surface area (Å²) in [6, 6.07) is 0. The van der Waals surface area contributed by atoms with E-state index in [0.29, 0.717) is 31.6 Å². The number of esters is 4. The molecule has 0 saturated carbocycles. The molecule has 0 spiro atoms. The van der Waals surface area contributed by atoms with Crippen LogP contribution in [-0.2, 0) is 65.4 Å². The smallest absolute Gasteiger partial charge is 0.462 e. The van der Waals surface area contributed by atoms with Gasteiger partial charge in [-0.2, -0.15) is 0 Å². The average Bonchev–Trinajstić information content (AvgIpc) is 1.01. The molecule has 0 rings (SSSR count). The maximum absolute atomic E-state index is 13.1. The second-order valence-corrected chi connectivity index (χ2v) is 32.1. The molecule has 0 aliphatic heterocycles. The van der Waals surface area contributed by atoms with Gasteiger partial charge in [0.15, 0.2) is 12.2 Å². The fourth-order valence-electron chi connectivity index (χ4n) is 12.2. The number of carbonyl (C=O) groups excluding carboxylic acids is 4. The van der Waals surface area contributed by atoms with Crippen LogP contribution in [-0.4, -0.2) is 96.7 Å². The van der Waals surface area contributed by atoms with Crippen molar-refractivity contribution < 1.29 is 80.2 Å². The second kappa shape index (κ2) is 70.7. The summed E-state index contributed by atoms with van der Waals surface area (Å²) in [6.45, 7) is 9.51. The number of hydrogen-bond acceptors (Lipinski definition) is 15. The van der Waals surface area contributed by atoms with Crippen LogP contribution in [0.25, 0.3) is 0 Å². The van der Waals surface area contributed by atoms with Crippen LogP contribution in [0.2, 0.25) is 0 Å². The SMILES string of the molecule is CCCCCCCCCCCCCCCCCCCCCCC(=O)O[C@H](COC(=O)CCCCCCCCCCCCCCCCCCCC)COP(=O)(O)OC[C@@H](O)COP(=O)(O)OC[C@@H](COC(=O)CCCCCCCCC(C)CC)OC(=O)CCCCCCCCCC(C)C. The van der Waals surface area contributed by atoms with Crippen LogP contribution in [0, 0.1) is 11.8 Å². The van der Waals surface area contributed by atoms with E-state index in [2.05, 4.69) is 41.5 Å². The van der Waals surface area contributed by atoms with Crippen LogP contribution >= 0.6 is 15.6 Å². The van der Waals surface area contributed by atoms with Crippen molar-refractivity contribution in [2.24, 2.45) is 11.8 Å². The molecule has 0 aromatic carbocycles. The third kappa shape index (κ3) is 71.1. The van der Waals surface area contributed by atoms with Gasteiger partial charge in [0.05, 0.1) is 26.4 Å². The van der Waals surface area contributed by atoms with Crippen LogP contribution < -0.4 is 0 Å². The van der Waals surface area contributed by atoms with E-state index in [1.54, 1.807) is 0 Å². The Kier molecular flexibility index (Phi) is 69.3. The summed E-state index contributed by atoms with van der Waals surface area (Å²) in [5, 5.41) is 10.6. The molecular weight excluding hydrogens is 1280 g/mol. The number of aliphatic hydroxyl groups excluding tert-OH is 1. The van der Waals surface area contributed by atoms with Gasteiger partial charge in [-0.1, -0.05) is 363 Å². The molecule has 0 saturated heterocycles. The number of aliphatic hydroxyl groups is 1. The zero-order valence-electron chi connectivity index (χ0n) is 64.1. The predicted octanol–water partition coefficient (Wildman–Crippen LogP) is 23.5. The van der Waals surface area contributed by atoms with Gasteiger partial charge in [-0.3, -0.25) is 37.3 Å². The molecule has 0 aromatic rings. The van der Waals surface area contributed by atoms with Gasteiger partial charge in [0.25, 0.3) is 0 Å². The van der Waals surface area contributed by atoms with Gasteiger partial charge in [-0.05, 0) is 37.5 Å². The summed E-state index contributed by atoms with van der Waals surface area (Å²) < 4.78 is 68.6. The van der Waals surface area contributed by atoms with Gasteiger partial charge in [-0.15, -0.1) is 0 Å². The van der Waals surface area contributed by atoms with Crippen molar-refractivity contribution in [2.75, 3.05) is 39.6 Å². The van der Waals surface area contributed by atoms with Crippen LogP contribution in [0.4, 0.5) is 0 Å². The highest BCUT2D eigenvalue weighted by atomic mass is 31.2. The molecule has 0 fully saturated rings. The number of ether oxygens (including phenoxy) is 4. The molecule has 6 atom stereocenters. The molecule has 0 aliphatic rings. The largest absolute Gasteiger partial charge is 0.472 e. The Morgan fingerprint density at radius 3 is 0.776 bits per heavy atom. The van der Waals surface area contributed by atoms with Crippen LogP contribution in [0.5, 0.6) is 0 Å². The standard InChI is InChI=1S/C79H154O17P2/c1-7-10-12-14-16-18-20-22-24-26-28-29-31-33-35-37-39-43-51-57-63-78(83)95-74(67-89-76(81)61-55-49-42-38-36-34-32-30-27-25-23-21-19-17-15-13-11-8-2)69-93-97(85,86)91-65-73(80)66-92-98(87,88)94-70-75(96-79(84)64-58-52-44-40-41-47-53-59-71(4)5)68-90-77(82)62-56-50-46-45-48-54-60-72(6)9-3/h71-75,80H,7-70H2,1-6H3,(H,85,86)(H,87,88)/t72?,73-,74-,75-/m1/s1. The summed E-state index contributed by atoms with van der Waals surface area (Å²) in [4.78, 5) is 72.9. The number of phosphoric acid groups is 2. The normalized spacial score (nSPS) is 14.2. The Morgan fingerprint density at radius 2 is 0.520 bits per heavy atom. The van der Waals surface area contributed by atoms with Crippen molar-refractivity contribution in [1.29, 1.82) is 0 Å². The van der Waals surface area contributed by atoms with Gasteiger partial charge in [0, 0.05) is 25.7 Å². The van der Waals surface area contributed by atoms with Crippen molar-refractivity contribution in [3.8, 4) is 0 Å². The molecule has 17 nitrogen and oxygen atoms in total. The van der Waals surface area contributed by atoms with E-state index >= 15 is 0 Å². The first-order chi connectivity index (χ1) is 47.4. The van der Waals surface area contributed by atoms with E-state index in [1.165, 1.54) is 225 Å². The number of phosphoric ester groups is 2. The molecule has 0 amide bonds. The summed E-state index contributed by atoms with van der Waals surface area (Å²) >= 11 is 0. The number of unbranched alkanes of at least 4 members (excludes halogenated alkanes) is 47. The van der Waals surface area contributed by atoms with Crippen molar-refractivity contribution in [1.82, 2.24) is 0 Å². The maximum atomic E-state index is 13.1. The summed E-state index contributed by atoms with van der Waals surface area (Å²) in [7, 11) is -9.91. The lowest BCUT2D eigenvalue weighted by atomic mass is 10.00. The Hall–Kier alpha value is -1.94. The third-order valence-electron chi connectivity index (χ3n) is 18.8. The minimum atomic E-state index is -4.96. The summed E-state index contributed by atoms with van der Waals surface area (Å²) in [5.74, 6) is -0.690. The fraction of sp³-hybridized carbons (Fsp3) is 0.949. The summed E-state index contributed by atoms with van der Waals surface area (Å²) in [5.41, 5.74) is 0. The summed E-state index contributed by atoms with van der Waals surface area (Å²) in [6.07, 6.45) is 60.0. The van der Waals surface area contributed by atoms with Crippen molar-refractivity contribution >= 4 is 39.5 Å².